The van der Waals surface area contributed by atoms with Gasteiger partial charge in [-0.2, -0.15) is 0 Å². The zero-order chi connectivity index (χ0) is 30.2. The molecule has 0 atom stereocenters. The summed E-state index contributed by atoms with van der Waals surface area (Å²) in [6, 6.07) is 62.0. The van der Waals surface area contributed by atoms with E-state index in [0.717, 1.165) is 0 Å². The molecule has 8 aromatic carbocycles. The Labute approximate surface area is 266 Å². The van der Waals surface area contributed by atoms with Crippen molar-refractivity contribution in [2.24, 2.45) is 0 Å². The van der Waals surface area contributed by atoms with Crippen LogP contribution in [0.25, 0.3) is 87.7 Å². The molecule has 214 valence electrons. The normalized spacial score (nSPS) is 11.9. The smallest absolute Gasteiger partial charge is 0.0549 e. The van der Waals surface area contributed by atoms with Gasteiger partial charge in [-0.05, 0) is 58.3 Å². The number of rotatable bonds is 3. The molecule has 0 radical (unpaired) electrons. The number of hydrogen-bond donors (Lipinski definition) is 0. The van der Waals surface area contributed by atoms with Crippen LogP contribution in [0.4, 0.5) is 0 Å². The molecule has 0 saturated carbocycles. The summed E-state index contributed by atoms with van der Waals surface area (Å²) in [6.45, 7) is 0. The summed E-state index contributed by atoms with van der Waals surface area (Å²) in [7, 11) is 0. The molecule has 2 heterocycles. The van der Waals surface area contributed by atoms with Crippen molar-refractivity contribution in [3.8, 4) is 22.5 Å². The average molecular weight is 585 g/mol. The largest absolute Gasteiger partial charge is 0.309 e. The fourth-order valence-corrected chi connectivity index (χ4v) is 7.71. The van der Waals surface area contributed by atoms with Crippen LogP contribution in [-0.4, -0.2) is 9.13 Å². The highest BCUT2D eigenvalue weighted by Crippen LogP contribution is 2.42. The van der Waals surface area contributed by atoms with Gasteiger partial charge in [0.05, 0.1) is 33.4 Å². The Morgan fingerprint density at radius 2 is 0.761 bits per heavy atom. The Morgan fingerprint density at radius 1 is 0.283 bits per heavy atom. The quantitative estimate of drug-likeness (QED) is 0.195. The van der Waals surface area contributed by atoms with Gasteiger partial charge in [-0.1, -0.05) is 133 Å². The van der Waals surface area contributed by atoms with Gasteiger partial charge in [-0.25, -0.2) is 0 Å². The second-order valence-electron chi connectivity index (χ2n) is 12.1. The Balaban J connectivity index is 1.33. The molecule has 0 bridgehead atoms. The van der Waals surface area contributed by atoms with Gasteiger partial charge in [0.15, 0.2) is 0 Å². The van der Waals surface area contributed by atoms with E-state index in [0.29, 0.717) is 0 Å². The van der Waals surface area contributed by atoms with Crippen molar-refractivity contribution in [3.05, 3.63) is 170 Å². The second-order valence-corrected chi connectivity index (χ2v) is 12.1. The average Bonchev–Trinajstić information content (AvgIpc) is 3.62. The van der Waals surface area contributed by atoms with Gasteiger partial charge in [-0.3, -0.25) is 0 Å². The van der Waals surface area contributed by atoms with Crippen LogP contribution in [-0.2, 0) is 0 Å². The molecule has 0 spiro atoms. The van der Waals surface area contributed by atoms with Crippen LogP contribution in [0.15, 0.2) is 170 Å². The van der Waals surface area contributed by atoms with Crippen molar-refractivity contribution in [3.63, 3.8) is 0 Å². The van der Waals surface area contributed by atoms with E-state index < -0.39 is 0 Å². The minimum Gasteiger partial charge on any atom is -0.309 e. The van der Waals surface area contributed by atoms with Crippen molar-refractivity contribution in [1.29, 1.82) is 0 Å². The Hall–Kier alpha value is -6.12. The molecule has 2 heteroatoms. The first-order chi connectivity index (χ1) is 22.8. The number of benzene rings is 8. The maximum absolute atomic E-state index is 2.48. The first-order valence-corrected chi connectivity index (χ1v) is 15.9. The van der Waals surface area contributed by atoms with Gasteiger partial charge in [0, 0.05) is 32.3 Å². The molecule has 2 nitrogen and oxygen atoms in total. The first kappa shape index (κ1) is 25.2. The summed E-state index contributed by atoms with van der Waals surface area (Å²) < 4.78 is 4.94. The second kappa shape index (κ2) is 9.69. The lowest BCUT2D eigenvalue weighted by atomic mass is 9.97. The van der Waals surface area contributed by atoms with E-state index in [4.69, 9.17) is 0 Å². The Bertz CT molecular complexity index is 2790. The summed E-state index contributed by atoms with van der Waals surface area (Å²) in [5.74, 6) is 0. The van der Waals surface area contributed by atoms with E-state index in [1.807, 2.05) is 0 Å². The van der Waals surface area contributed by atoms with E-state index in [2.05, 4.69) is 179 Å². The highest BCUT2D eigenvalue weighted by Gasteiger charge is 2.20. The molecule has 2 aromatic heterocycles. The number of hydrogen-bond acceptors (Lipinski definition) is 0. The monoisotopic (exact) mass is 584 g/mol. The van der Waals surface area contributed by atoms with Gasteiger partial charge in [-0.15, -0.1) is 0 Å². The molecule has 0 unspecified atom stereocenters. The number of para-hydroxylation sites is 2. The van der Waals surface area contributed by atoms with Crippen molar-refractivity contribution in [1.82, 2.24) is 9.13 Å². The van der Waals surface area contributed by atoms with E-state index in [-0.39, 0.29) is 0 Å². The summed E-state index contributed by atoms with van der Waals surface area (Å²) >= 11 is 0. The van der Waals surface area contributed by atoms with Gasteiger partial charge >= 0.3 is 0 Å². The topological polar surface area (TPSA) is 9.86 Å². The molecule has 0 aliphatic rings. The standard InChI is InChI=1S/C44H28N2/c1-2-13-29(14-3-1)31-20-11-22-34-33(31)21-12-26-42(34)46-41-24-9-7-19-36(41)38-27-43-37(28-44(38)46)35-18-6-8-23-40(35)45(43)39-25-10-16-30-15-4-5-17-32(30)39/h1-28H. The van der Waals surface area contributed by atoms with Crippen molar-refractivity contribution in [2.75, 3.05) is 0 Å². The van der Waals surface area contributed by atoms with Crippen molar-refractivity contribution < 1.29 is 0 Å². The zero-order valence-corrected chi connectivity index (χ0v) is 25.1. The summed E-state index contributed by atoms with van der Waals surface area (Å²) in [5.41, 5.74) is 9.74. The van der Waals surface area contributed by atoms with E-state index in [1.165, 1.54) is 87.7 Å². The molecule has 46 heavy (non-hydrogen) atoms. The fourth-order valence-electron chi connectivity index (χ4n) is 7.71. The SMILES string of the molecule is c1ccc(-c2cccc3c(-n4c5ccccc5c5cc6c(cc54)c4ccccc4n6-c4cccc5ccccc45)cccc23)cc1. The predicted octanol–water partition coefficient (Wildman–Crippen LogP) is 11.9. The number of fused-ring (bicyclic) bond motifs is 8. The molecule has 0 fully saturated rings. The van der Waals surface area contributed by atoms with Crippen LogP contribution < -0.4 is 0 Å². The van der Waals surface area contributed by atoms with Crippen LogP contribution in [0.3, 0.4) is 0 Å². The van der Waals surface area contributed by atoms with Crippen molar-refractivity contribution in [2.45, 2.75) is 0 Å². The Morgan fingerprint density at radius 3 is 1.46 bits per heavy atom. The lowest BCUT2D eigenvalue weighted by Gasteiger charge is -2.14. The van der Waals surface area contributed by atoms with Crippen molar-refractivity contribution >= 4 is 65.2 Å². The van der Waals surface area contributed by atoms with Crippen LogP contribution in [0, 0.1) is 0 Å². The van der Waals surface area contributed by atoms with Crippen LogP contribution in [0.2, 0.25) is 0 Å². The Kier molecular flexibility index (Phi) is 5.31. The minimum atomic E-state index is 1.19. The van der Waals surface area contributed by atoms with Gasteiger partial charge in [0.25, 0.3) is 0 Å². The fraction of sp³-hybridized carbons (Fsp3) is 0. The van der Waals surface area contributed by atoms with Gasteiger partial charge < -0.3 is 9.13 Å². The van der Waals surface area contributed by atoms with E-state index >= 15 is 0 Å². The summed E-state index contributed by atoms with van der Waals surface area (Å²) in [5, 5.41) is 10.0. The number of nitrogens with zero attached hydrogens (tertiary/aromatic N) is 2. The molecular weight excluding hydrogens is 556 g/mol. The third-order valence-corrected chi connectivity index (χ3v) is 9.70. The summed E-state index contributed by atoms with van der Waals surface area (Å²) in [6.07, 6.45) is 0. The lowest BCUT2D eigenvalue weighted by molar-refractivity contribution is 1.19. The highest BCUT2D eigenvalue weighted by atomic mass is 15.0. The van der Waals surface area contributed by atoms with E-state index in [1.54, 1.807) is 0 Å². The zero-order valence-electron chi connectivity index (χ0n) is 25.1. The molecule has 0 N–H and O–H groups in total. The predicted molar refractivity (Wildman–Crippen MR) is 196 cm³/mol. The molecule has 0 saturated heterocycles. The van der Waals surface area contributed by atoms with Gasteiger partial charge in [0.1, 0.15) is 0 Å². The molecule has 10 aromatic rings. The maximum atomic E-state index is 2.48. The third kappa shape index (κ3) is 3.53. The van der Waals surface area contributed by atoms with E-state index in [9.17, 15) is 0 Å². The lowest BCUT2D eigenvalue weighted by Crippen LogP contribution is -1.96. The molecule has 0 amide bonds. The van der Waals surface area contributed by atoms with Crippen LogP contribution in [0.1, 0.15) is 0 Å². The van der Waals surface area contributed by atoms with Crippen LogP contribution >= 0.6 is 0 Å². The maximum Gasteiger partial charge on any atom is 0.0549 e. The first-order valence-electron chi connectivity index (χ1n) is 15.9. The van der Waals surface area contributed by atoms with Gasteiger partial charge in [0.2, 0.25) is 0 Å². The highest BCUT2D eigenvalue weighted by molar-refractivity contribution is 6.20. The molecule has 10 rings (SSSR count). The molecule has 0 aliphatic carbocycles. The molecular formula is C44H28N2. The summed E-state index contributed by atoms with van der Waals surface area (Å²) in [4.78, 5) is 0. The number of aromatic nitrogens is 2. The minimum absolute atomic E-state index is 1.19. The van der Waals surface area contributed by atoms with Crippen LogP contribution in [0.5, 0.6) is 0 Å². The third-order valence-electron chi connectivity index (χ3n) is 9.70. The molecule has 0 aliphatic heterocycles.